The van der Waals surface area contributed by atoms with Gasteiger partial charge in [-0.25, -0.2) is 0 Å². The Morgan fingerprint density at radius 1 is 0.864 bits per heavy atom. The molecule has 0 saturated heterocycles. The highest BCUT2D eigenvalue weighted by Gasteiger charge is 2.14. The minimum Gasteiger partial charge on any atom is -0.0984 e. The van der Waals surface area contributed by atoms with E-state index in [1.807, 2.05) is 24.3 Å². The van der Waals surface area contributed by atoms with Crippen molar-refractivity contribution in [2.75, 3.05) is 0 Å². The van der Waals surface area contributed by atoms with Crippen molar-refractivity contribution >= 4 is 23.8 Å². The van der Waals surface area contributed by atoms with Gasteiger partial charge in [0.15, 0.2) is 0 Å². The monoisotopic (exact) mass is 286 g/mol. The Kier molecular flexibility index (Phi) is 4.95. The number of hydrogen-bond acceptors (Lipinski definition) is 0. The minimum absolute atomic E-state index is 1.10. The van der Waals surface area contributed by atoms with Crippen LogP contribution in [0.3, 0.4) is 0 Å². The Morgan fingerprint density at radius 3 is 2.14 bits per heavy atom. The molecule has 0 atom stereocenters. The normalized spacial score (nSPS) is 11.1. The van der Waals surface area contributed by atoms with Crippen molar-refractivity contribution in [3.63, 3.8) is 0 Å². The van der Waals surface area contributed by atoms with Crippen molar-refractivity contribution in [1.29, 1.82) is 0 Å². The van der Waals surface area contributed by atoms with Crippen LogP contribution in [0.1, 0.15) is 40.3 Å². The van der Waals surface area contributed by atoms with Crippen LogP contribution in [-0.2, 0) is 0 Å². The van der Waals surface area contributed by atoms with Gasteiger partial charge in [-0.1, -0.05) is 80.4 Å². The molecule has 2 aromatic rings. The number of rotatable bonds is 5. The van der Waals surface area contributed by atoms with Crippen LogP contribution in [0.5, 0.6) is 0 Å². The lowest BCUT2D eigenvalue weighted by atomic mass is 9.86. The molecule has 0 N–H and O–H groups in total. The van der Waals surface area contributed by atoms with Crippen molar-refractivity contribution in [1.82, 2.24) is 0 Å². The summed E-state index contributed by atoms with van der Waals surface area (Å²) >= 11 is 0. The molecule has 0 spiro atoms. The van der Waals surface area contributed by atoms with Crippen molar-refractivity contribution in [3.05, 3.63) is 95.6 Å². The summed E-state index contributed by atoms with van der Waals surface area (Å²) in [6, 6.07) is 12.6. The summed E-state index contributed by atoms with van der Waals surface area (Å²) in [5.74, 6) is 0. The van der Waals surface area contributed by atoms with Crippen LogP contribution in [0.25, 0.3) is 23.8 Å². The fourth-order valence-electron chi connectivity index (χ4n) is 2.85. The van der Waals surface area contributed by atoms with E-state index < -0.39 is 0 Å². The van der Waals surface area contributed by atoms with Gasteiger partial charge in [0.2, 0.25) is 0 Å². The minimum atomic E-state index is 1.10. The van der Waals surface area contributed by atoms with Gasteiger partial charge in [-0.05, 0) is 52.8 Å². The van der Waals surface area contributed by atoms with Gasteiger partial charge in [-0.3, -0.25) is 0 Å². The molecule has 0 aliphatic rings. The Morgan fingerprint density at radius 2 is 1.55 bits per heavy atom. The molecule has 0 aliphatic carbocycles. The third-order valence-corrected chi connectivity index (χ3v) is 3.94. The van der Waals surface area contributed by atoms with Crippen LogP contribution in [-0.4, -0.2) is 0 Å². The highest BCUT2D eigenvalue weighted by atomic mass is 14.2. The highest BCUT2D eigenvalue weighted by Crippen LogP contribution is 2.34. The Hall–Kier alpha value is -2.60. The molecule has 110 valence electrons. The molecule has 0 unspecified atom stereocenters. The summed E-state index contributed by atoms with van der Waals surface area (Å²) in [4.78, 5) is 0. The summed E-state index contributed by atoms with van der Waals surface area (Å²) in [5.41, 5.74) is 8.19. The van der Waals surface area contributed by atoms with Gasteiger partial charge in [0.1, 0.15) is 0 Å². The smallest absolute Gasteiger partial charge is 0.00734 e. The maximum atomic E-state index is 4.00. The quantitative estimate of drug-likeness (QED) is 0.598. The molecule has 0 aliphatic heterocycles. The average Bonchev–Trinajstić information content (AvgIpc) is 2.57. The SMILES string of the molecule is C=Cc1ccccc1/C(=C/C)c1c(C)ccc(C=C)c1C=C. The van der Waals surface area contributed by atoms with Gasteiger partial charge in [0, 0.05) is 0 Å². The lowest BCUT2D eigenvalue weighted by Gasteiger charge is -2.18. The topological polar surface area (TPSA) is 0 Å². The molecule has 0 radical (unpaired) electrons. The lowest BCUT2D eigenvalue weighted by molar-refractivity contribution is 1.38. The molecule has 0 heteroatoms. The number of aryl methyl sites for hydroxylation is 1. The fraction of sp³-hybridized carbons (Fsp3) is 0.0909. The molecule has 0 fully saturated rings. The van der Waals surface area contributed by atoms with E-state index >= 15 is 0 Å². The predicted molar refractivity (Wildman–Crippen MR) is 101 cm³/mol. The lowest BCUT2D eigenvalue weighted by Crippen LogP contribution is -1.99. The molecule has 0 aromatic heterocycles. The first-order valence-electron chi connectivity index (χ1n) is 7.44. The first-order chi connectivity index (χ1) is 10.7. The highest BCUT2D eigenvalue weighted by molar-refractivity contribution is 5.90. The van der Waals surface area contributed by atoms with Crippen molar-refractivity contribution < 1.29 is 0 Å². The van der Waals surface area contributed by atoms with Gasteiger partial charge in [0.05, 0.1) is 0 Å². The molecule has 0 bridgehead atoms. The van der Waals surface area contributed by atoms with Crippen molar-refractivity contribution in [3.8, 4) is 0 Å². The molecule has 22 heavy (non-hydrogen) atoms. The Bertz CT molecular complexity index is 758. The van der Waals surface area contributed by atoms with Gasteiger partial charge in [-0.2, -0.15) is 0 Å². The standard InChI is InChI=1S/C22H22/c1-6-17-12-10-11-13-21(17)20(9-4)22-16(5)14-15-18(7-2)19(22)8-3/h6-15H,1-3H2,4-5H3/b20-9-. The van der Waals surface area contributed by atoms with E-state index in [1.165, 1.54) is 22.3 Å². The zero-order chi connectivity index (χ0) is 16.1. The molecule has 2 aromatic carbocycles. The molecule has 0 heterocycles. The molecule has 0 saturated carbocycles. The largest absolute Gasteiger partial charge is 0.0984 e. The molecular weight excluding hydrogens is 264 g/mol. The van der Waals surface area contributed by atoms with Crippen LogP contribution in [0.4, 0.5) is 0 Å². The van der Waals surface area contributed by atoms with E-state index in [1.54, 1.807) is 0 Å². The Balaban J connectivity index is 2.80. The van der Waals surface area contributed by atoms with Crippen LogP contribution >= 0.6 is 0 Å². The van der Waals surface area contributed by atoms with E-state index in [2.05, 4.69) is 70.0 Å². The van der Waals surface area contributed by atoms with Gasteiger partial charge >= 0.3 is 0 Å². The second-order valence-corrected chi connectivity index (χ2v) is 5.16. The summed E-state index contributed by atoms with van der Waals surface area (Å²) in [7, 11) is 0. The van der Waals surface area contributed by atoms with Crippen LogP contribution in [0, 0.1) is 6.92 Å². The van der Waals surface area contributed by atoms with Crippen LogP contribution < -0.4 is 0 Å². The predicted octanol–water partition coefficient (Wildman–Crippen LogP) is 6.38. The molecule has 2 rings (SSSR count). The van der Waals surface area contributed by atoms with E-state index in [0.29, 0.717) is 0 Å². The molecule has 0 amide bonds. The maximum Gasteiger partial charge on any atom is -0.00734 e. The van der Waals surface area contributed by atoms with E-state index in [0.717, 1.165) is 16.7 Å². The first-order valence-corrected chi connectivity index (χ1v) is 7.44. The third-order valence-electron chi connectivity index (χ3n) is 3.94. The first kappa shape index (κ1) is 15.8. The van der Waals surface area contributed by atoms with Crippen molar-refractivity contribution in [2.45, 2.75) is 13.8 Å². The van der Waals surface area contributed by atoms with E-state index in [9.17, 15) is 0 Å². The maximum absolute atomic E-state index is 4.00. The van der Waals surface area contributed by atoms with Crippen LogP contribution in [0.15, 0.2) is 62.2 Å². The second kappa shape index (κ2) is 6.91. The van der Waals surface area contributed by atoms with Gasteiger partial charge in [0.25, 0.3) is 0 Å². The second-order valence-electron chi connectivity index (χ2n) is 5.16. The molecular formula is C22H22. The van der Waals surface area contributed by atoms with Gasteiger partial charge in [-0.15, -0.1) is 0 Å². The zero-order valence-electron chi connectivity index (χ0n) is 13.4. The van der Waals surface area contributed by atoms with Crippen molar-refractivity contribution in [2.24, 2.45) is 0 Å². The van der Waals surface area contributed by atoms with E-state index in [4.69, 9.17) is 0 Å². The summed E-state index contributed by atoms with van der Waals surface area (Å²) in [5, 5.41) is 0. The molecule has 0 nitrogen and oxygen atoms in total. The Labute approximate surface area is 133 Å². The average molecular weight is 286 g/mol. The van der Waals surface area contributed by atoms with Crippen LogP contribution in [0.2, 0.25) is 0 Å². The fourth-order valence-corrected chi connectivity index (χ4v) is 2.85. The van der Waals surface area contributed by atoms with Gasteiger partial charge < -0.3 is 0 Å². The summed E-state index contributed by atoms with van der Waals surface area (Å²) < 4.78 is 0. The summed E-state index contributed by atoms with van der Waals surface area (Å²) in [6.45, 7) is 16.1. The third kappa shape index (κ3) is 2.73. The zero-order valence-corrected chi connectivity index (χ0v) is 13.4. The summed E-state index contributed by atoms with van der Waals surface area (Å²) in [6.07, 6.45) is 7.86. The number of allylic oxidation sites excluding steroid dienone is 1. The number of hydrogen-bond donors (Lipinski definition) is 0. The van der Waals surface area contributed by atoms with E-state index in [-0.39, 0.29) is 0 Å². The number of benzene rings is 2.